The first-order valence-corrected chi connectivity index (χ1v) is 1.76. The molecule has 2 heteroatoms. The zero-order chi connectivity index (χ0) is 6.20. The Balaban J connectivity index is 2.56. The molecule has 1 aliphatic rings. The molecule has 0 aromatic heterocycles. The van der Waals surface area contributed by atoms with Gasteiger partial charge < -0.3 is 4.74 Å². The van der Waals surface area contributed by atoms with Gasteiger partial charge in [0.2, 0.25) is 0 Å². The van der Waals surface area contributed by atoms with Crippen molar-refractivity contribution in [2.24, 2.45) is 0 Å². The molecule has 1 rings (SSSR count). The average Bonchev–Trinajstić information content (AvgIpc) is 1.82. The second-order valence-electron chi connectivity index (χ2n) is 1.09. The van der Waals surface area contributed by atoms with E-state index >= 15 is 0 Å². The number of cyclic esters (lactones) is 1. The molecule has 1 fully saturated rings. The lowest BCUT2D eigenvalue weighted by Crippen LogP contribution is -1.88. The van der Waals surface area contributed by atoms with Crippen LogP contribution in [0.2, 0.25) is 0 Å². The first kappa shape index (κ1) is 1.96. The predicted molar refractivity (Wildman–Crippen MR) is 20.2 cm³/mol. The van der Waals surface area contributed by atoms with Crippen LogP contribution in [0.5, 0.6) is 0 Å². The van der Waals surface area contributed by atoms with E-state index in [1.165, 1.54) is 0 Å². The highest BCUT2D eigenvalue weighted by molar-refractivity contribution is 5.70. The Bertz CT molecular complexity index is 121. The van der Waals surface area contributed by atoms with Crippen LogP contribution in [0.25, 0.3) is 0 Å². The standard InChI is InChI=1S/C4H6O2/c5-4-2-1-3-6-4/h1-3H2/i1D2. The molecular formula is C4H6O2. The average molecular weight is 88.1 g/mol. The van der Waals surface area contributed by atoms with E-state index < -0.39 is 12.3 Å². The number of carbonyl (C=O) groups is 1. The summed E-state index contributed by atoms with van der Waals surface area (Å²) in [7, 11) is 0. The minimum Gasteiger partial charge on any atom is -0.466 e. The lowest BCUT2D eigenvalue weighted by Gasteiger charge is -1.81. The zero-order valence-electron chi connectivity index (χ0n) is 5.23. The summed E-state index contributed by atoms with van der Waals surface area (Å²) >= 11 is 0. The summed E-state index contributed by atoms with van der Waals surface area (Å²) < 4.78 is 18.2. The molecule has 0 aromatic rings. The fraction of sp³-hybridized carbons (Fsp3) is 0.750. The van der Waals surface area contributed by atoms with Gasteiger partial charge >= 0.3 is 5.97 Å². The van der Waals surface area contributed by atoms with Gasteiger partial charge in [-0.3, -0.25) is 4.79 Å². The number of carbonyl (C=O) groups excluding carboxylic acids is 1. The van der Waals surface area contributed by atoms with Crippen molar-refractivity contribution < 1.29 is 12.3 Å². The third kappa shape index (κ3) is 0.506. The summed E-state index contributed by atoms with van der Waals surface area (Å²) in [5.74, 6) is -0.435. The molecule has 0 aliphatic carbocycles. The van der Waals surface area contributed by atoms with Crippen molar-refractivity contribution in [2.75, 3.05) is 6.61 Å². The summed E-state index contributed by atoms with van der Waals surface area (Å²) in [6.45, 7) is -0.0775. The monoisotopic (exact) mass is 88.0 g/mol. The third-order valence-corrected chi connectivity index (χ3v) is 0.605. The smallest absolute Gasteiger partial charge is 0.305 e. The van der Waals surface area contributed by atoms with Crippen LogP contribution in [0.15, 0.2) is 0 Å². The molecule has 0 aromatic carbocycles. The van der Waals surface area contributed by atoms with Crippen molar-refractivity contribution in [1.29, 1.82) is 0 Å². The Labute approximate surface area is 38.9 Å². The molecule has 34 valence electrons. The van der Waals surface area contributed by atoms with Crippen LogP contribution in [0.3, 0.4) is 0 Å². The SMILES string of the molecule is [2H]C1([2H])COC(=O)C1. The van der Waals surface area contributed by atoms with E-state index in [0.717, 1.165) is 0 Å². The first-order chi connectivity index (χ1) is 3.60. The van der Waals surface area contributed by atoms with Crippen molar-refractivity contribution in [3.05, 3.63) is 0 Å². The van der Waals surface area contributed by atoms with Gasteiger partial charge in [0.1, 0.15) is 0 Å². The van der Waals surface area contributed by atoms with Gasteiger partial charge in [0.15, 0.2) is 0 Å². The van der Waals surface area contributed by atoms with Gasteiger partial charge in [0, 0.05) is 9.16 Å². The zero-order valence-corrected chi connectivity index (χ0v) is 3.23. The minimum absolute atomic E-state index is 0.0775. The highest BCUT2D eigenvalue weighted by atomic mass is 16.5. The van der Waals surface area contributed by atoms with E-state index in [4.69, 9.17) is 2.74 Å². The maximum absolute atomic E-state index is 10.2. The van der Waals surface area contributed by atoms with Gasteiger partial charge in [-0.05, 0) is 6.37 Å². The normalized spacial score (nSPS) is 34.3. The van der Waals surface area contributed by atoms with E-state index in [0.29, 0.717) is 0 Å². The summed E-state index contributed by atoms with van der Waals surface area (Å²) in [5, 5.41) is 0. The van der Waals surface area contributed by atoms with Gasteiger partial charge in [-0.1, -0.05) is 0 Å². The van der Waals surface area contributed by atoms with Crippen LogP contribution in [0, 0.1) is 0 Å². The largest absolute Gasteiger partial charge is 0.466 e. The quantitative estimate of drug-likeness (QED) is 0.399. The molecule has 0 radical (unpaired) electrons. The Kier molecular flexibility index (Phi) is 0.420. The summed E-state index contributed by atoms with van der Waals surface area (Å²) in [5.41, 5.74) is 0. The fourth-order valence-corrected chi connectivity index (χ4v) is 0.336. The molecule has 1 saturated heterocycles. The number of ether oxygens (including phenoxy) is 1. The van der Waals surface area contributed by atoms with Crippen LogP contribution in [0.1, 0.15) is 15.5 Å². The second kappa shape index (κ2) is 1.29. The molecule has 0 N–H and O–H groups in total. The van der Waals surface area contributed by atoms with Crippen molar-refractivity contribution in [2.45, 2.75) is 12.8 Å². The van der Waals surface area contributed by atoms with Crippen LogP contribution in [0.4, 0.5) is 0 Å². The highest BCUT2D eigenvalue weighted by Gasteiger charge is 2.08. The molecule has 1 heterocycles. The molecule has 0 atom stereocenters. The highest BCUT2D eigenvalue weighted by Crippen LogP contribution is 2.01. The molecule has 0 unspecified atom stereocenters. The number of hydrogen-bond acceptors (Lipinski definition) is 2. The summed E-state index contributed by atoms with van der Waals surface area (Å²) in [4.78, 5) is 10.2. The van der Waals surface area contributed by atoms with Gasteiger partial charge in [0.05, 0.1) is 6.61 Å². The third-order valence-electron chi connectivity index (χ3n) is 0.605. The Morgan fingerprint density at radius 1 is 2.00 bits per heavy atom. The van der Waals surface area contributed by atoms with Gasteiger partial charge in [-0.25, -0.2) is 0 Å². The Morgan fingerprint density at radius 3 is 3.00 bits per heavy atom. The lowest BCUT2D eigenvalue weighted by atomic mass is 10.4. The van der Waals surface area contributed by atoms with Crippen LogP contribution < -0.4 is 0 Å². The molecule has 0 saturated carbocycles. The molecule has 0 amide bonds. The summed E-state index contributed by atoms with van der Waals surface area (Å²) in [6, 6.07) is 0. The van der Waals surface area contributed by atoms with Crippen molar-refractivity contribution in [3.63, 3.8) is 0 Å². The van der Waals surface area contributed by atoms with E-state index in [2.05, 4.69) is 4.74 Å². The van der Waals surface area contributed by atoms with E-state index in [1.807, 2.05) is 0 Å². The maximum atomic E-state index is 10.2. The van der Waals surface area contributed by atoms with Gasteiger partial charge in [-0.15, -0.1) is 0 Å². The van der Waals surface area contributed by atoms with Gasteiger partial charge in [0.25, 0.3) is 0 Å². The van der Waals surface area contributed by atoms with Crippen LogP contribution in [-0.4, -0.2) is 12.6 Å². The molecule has 6 heavy (non-hydrogen) atoms. The maximum Gasteiger partial charge on any atom is 0.305 e. The molecule has 1 aliphatic heterocycles. The number of esters is 1. The van der Waals surface area contributed by atoms with E-state index in [9.17, 15) is 4.79 Å². The molecule has 0 spiro atoms. The number of rotatable bonds is 0. The van der Waals surface area contributed by atoms with E-state index in [-0.39, 0.29) is 13.0 Å². The molecular weight excluding hydrogens is 80.0 g/mol. The lowest BCUT2D eigenvalue weighted by molar-refractivity contribution is -0.137. The van der Waals surface area contributed by atoms with Crippen LogP contribution >= 0.6 is 0 Å². The van der Waals surface area contributed by atoms with Crippen LogP contribution in [-0.2, 0) is 9.53 Å². The predicted octanol–water partition coefficient (Wildman–Crippen LogP) is 0.323. The van der Waals surface area contributed by atoms with Gasteiger partial charge in [-0.2, -0.15) is 0 Å². The second-order valence-corrected chi connectivity index (χ2v) is 1.09. The van der Waals surface area contributed by atoms with Crippen molar-refractivity contribution in [1.82, 2.24) is 0 Å². The Hall–Kier alpha value is -0.530. The molecule has 0 bridgehead atoms. The number of hydrogen-bond donors (Lipinski definition) is 0. The van der Waals surface area contributed by atoms with Crippen molar-refractivity contribution >= 4 is 5.97 Å². The van der Waals surface area contributed by atoms with E-state index in [1.54, 1.807) is 0 Å². The summed E-state index contributed by atoms with van der Waals surface area (Å²) in [6.07, 6.45) is -1.50. The fourth-order valence-electron chi connectivity index (χ4n) is 0.336. The van der Waals surface area contributed by atoms with Crippen molar-refractivity contribution in [3.8, 4) is 0 Å². The minimum atomic E-state index is -1.41. The first-order valence-electron chi connectivity index (χ1n) is 2.76. The molecule has 2 nitrogen and oxygen atoms in total. The topological polar surface area (TPSA) is 26.3 Å². The Morgan fingerprint density at radius 2 is 2.83 bits per heavy atom.